The molecule has 11 nitrogen and oxygen atoms in total. The Morgan fingerprint density at radius 1 is 1.29 bits per heavy atom. The molecule has 2 atom stereocenters. The number of hydrogen-bond donors (Lipinski definition) is 2. The Balaban J connectivity index is 1.85. The highest BCUT2D eigenvalue weighted by atomic mass is 16.5. The van der Waals surface area contributed by atoms with Crippen molar-refractivity contribution in [2.24, 2.45) is 7.05 Å². The second kappa shape index (κ2) is 9.03. The van der Waals surface area contributed by atoms with Crippen LogP contribution in [0.5, 0.6) is 5.75 Å². The SMILES string of the molecule is Cc1ccn(C(c2ccccc2C#N)C(C)c2nc(C(=O)Nc3cnoc3)c(O)c(=O)n2C)n1. The molecule has 2 N–H and O–H groups in total. The Morgan fingerprint density at radius 2 is 2.06 bits per heavy atom. The van der Waals surface area contributed by atoms with Gasteiger partial charge in [0.15, 0.2) is 5.69 Å². The quantitative estimate of drug-likeness (QED) is 0.446. The van der Waals surface area contributed by atoms with Crippen LogP contribution in [0.2, 0.25) is 0 Å². The van der Waals surface area contributed by atoms with Crippen LogP contribution in [0.3, 0.4) is 0 Å². The average molecular weight is 459 g/mol. The van der Waals surface area contributed by atoms with Crippen molar-refractivity contribution < 1.29 is 14.4 Å². The molecule has 1 amide bonds. The zero-order chi connectivity index (χ0) is 24.4. The normalized spacial score (nSPS) is 12.6. The molecule has 4 aromatic rings. The van der Waals surface area contributed by atoms with Crippen LogP contribution in [-0.2, 0) is 7.05 Å². The number of nitrogens with zero attached hydrogens (tertiary/aromatic N) is 6. The van der Waals surface area contributed by atoms with Crippen LogP contribution >= 0.6 is 0 Å². The third kappa shape index (κ3) is 4.04. The van der Waals surface area contributed by atoms with Crippen LogP contribution < -0.4 is 10.9 Å². The van der Waals surface area contributed by atoms with Crippen molar-refractivity contribution in [3.8, 4) is 11.8 Å². The maximum absolute atomic E-state index is 12.8. The van der Waals surface area contributed by atoms with Gasteiger partial charge in [0.1, 0.15) is 17.8 Å². The molecular weight excluding hydrogens is 438 g/mol. The molecule has 0 bridgehead atoms. The summed E-state index contributed by atoms with van der Waals surface area (Å²) in [5.41, 5.74) is 0.925. The fourth-order valence-corrected chi connectivity index (χ4v) is 3.86. The molecule has 0 aliphatic carbocycles. The molecular formula is C23H21N7O4. The summed E-state index contributed by atoms with van der Waals surface area (Å²) in [6, 6.07) is 10.6. The first-order valence-electron chi connectivity index (χ1n) is 10.3. The van der Waals surface area contributed by atoms with Gasteiger partial charge in [-0.2, -0.15) is 10.4 Å². The number of aromatic hydroxyl groups is 1. The highest BCUT2D eigenvalue weighted by Gasteiger charge is 2.31. The zero-order valence-corrected chi connectivity index (χ0v) is 18.6. The van der Waals surface area contributed by atoms with Crippen molar-refractivity contribution in [1.82, 2.24) is 24.5 Å². The van der Waals surface area contributed by atoms with E-state index in [1.165, 1.54) is 24.1 Å². The Labute approximate surface area is 193 Å². The molecule has 3 heterocycles. The number of carbonyl (C=O) groups excluding carboxylic acids is 1. The van der Waals surface area contributed by atoms with E-state index in [0.717, 1.165) is 5.69 Å². The van der Waals surface area contributed by atoms with Crippen molar-refractivity contribution in [3.05, 3.63) is 87.7 Å². The molecule has 0 saturated carbocycles. The Morgan fingerprint density at radius 3 is 2.71 bits per heavy atom. The van der Waals surface area contributed by atoms with Crippen LogP contribution in [0.4, 0.5) is 5.69 Å². The summed E-state index contributed by atoms with van der Waals surface area (Å²) in [7, 11) is 1.46. The lowest BCUT2D eigenvalue weighted by molar-refractivity contribution is 0.101. The summed E-state index contributed by atoms with van der Waals surface area (Å²) < 4.78 is 7.58. The number of hydrogen-bond acceptors (Lipinski definition) is 8. The van der Waals surface area contributed by atoms with E-state index in [1.807, 2.05) is 32.0 Å². The van der Waals surface area contributed by atoms with Crippen molar-refractivity contribution in [3.63, 3.8) is 0 Å². The predicted octanol–water partition coefficient (Wildman–Crippen LogP) is 2.50. The molecule has 0 aliphatic heterocycles. The average Bonchev–Trinajstić information content (AvgIpc) is 3.50. The number of anilines is 1. The van der Waals surface area contributed by atoms with Gasteiger partial charge in [-0.15, -0.1) is 0 Å². The van der Waals surface area contributed by atoms with Crippen molar-refractivity contribution in [1.29, 1.82) is 5.26 Å². The van der Waals surface area contributed by atoms with Crippen LogP contribution in [0.25, 0.3) is 0 Å². The molecule has 2 unspecified atom stereocenters. The molecule has 0 aliphatic rings. The molecule has 0 spiro atoms. The molecule has 172 valence electrons. The van der Waals surface area contributed by atoms with Crippen molar-refractivity contribution >= 4 is 11.6 Å². The van der Waals surface area contributed by atoms with E-state index in [9.17, 15) is 20.0 Å². The minimum absolute atomic E-state index is 0.226. The lowest BCUT2D eigenvalue weighted by Gasteiger charge is -2.27. The first-order chi connectivity index (χ1) is 16.3. The minimum Gasteiger partial charge on any atom is -0.501 e. The number of nitrogens with one attached hydrogen (secondary N) is 1. The van der Waals surface area contributed by atoms with Crippen LogP contribution in [0.1, 0.15) is 52.0 Å². The third-order valence-corrected chi connectivity index (χ3v) is 5.51. The van der Waals surface area contributed by atoms with Gasteiger partial charge in [-0.05, 0) is 24.6 Å². The Kier molecular flexibility index (Phi) is 5.97. The lowest BCUT2D eigenvalue weighted by Crippen LogP contribution is -2.31. The second-order valence-electron chi connectivity index (χ2n) is 7.77. The number of carbonyl (C=O) groups is 1. The van der Waals surface area contributed by atoms with Crippen LogP contribution in [-0.4, -0.2) is 35.5 Å². The highest BCUT2D eigenvalue weighted by Crippen LogP contribution is 2.35. The molecule has 34 heavy (non-hydrogen) atoms. The van der Waals surface area contributed by atoms with E-state index < -0.39 is 34.9 Å². The van der Waals surface area contributed by atoms with Gasteiger partial charge in [0.2, 0.25) is 5.75 Å². The van der Waals surface area contributed by atoms with Gasteiger partial charge in [0, 0.05) is 19.2 Å². The number of nitriles is 1. The van der Waals surface area contributed by atoms with Crippen molar-refractivity contribution in [2.45, 2.75) is 25.8 Å². The number of aryl methyl sites for hydroxylation is 1. The minimum atomic E-state index is -0.796. The van der Waals surface area contributed by atoms with Gasteiger partial charge in [0.25, 0.3) is 11.5 Å². The van der Waals surface area contributed by atoms with E-state index in [0.29, 0.717) is 11.1 Å². The van der Waals surface area contributed by atoms with Crippen molar-refractivity contribution in [2.75, 3.05) is 5.32 Å². The first-order valence-corrected chi connectivity index (χ1v) is 10.3. The zero-order valence-electron chi connectivity index (χ0n) is 18.6. The summed E-state index contributed by atoms with van der Waals surface area (Å²) in [5, 5.41) is 30.6. The second-order valence-corrected chi connectivity index (χ2v) is 7.77. The monoisotopic (exact) mass is 459 g/mol. The standard InChI is InChI=1S/C23H21N7O4/c1-13-8-9-30(28-13)19(17-7-5-4-6-15(17)10-24)14(2)21-27-18(20(31)23(33)29(21)3)22(32)26-16-11-25-34-12-16/h4-9,11-12,14,19,31H,1-3H3,(H,26,32). The molecule has 4 rings (SSSR count). The number of rotatable bonds is 6. The molecule has 0 fully saturated rings. The number of aromatic nitrogens is 5. The van der Waals surface area contributed by atoms with E-state index in [-0.39, 0.29) is 11.5 Å². The summed E-state index contributed by atoms with van der Waals surface area (Å²) in [6.45, 7) is 3.66. The maximum Gasteiger partial charge on any atom is 0.296 e. The van der Waals surface area contributed by atoms with Gasteiger partial charge >= 0.3 is 0 Å². The topological polar surface area (TPSA) is 152 Å². The summed E-state index contributed by atoms with van der Waals surface area (Å²) in [6.07, 6.45) is 4.26. The predicted molar refractivity (Wildman–Crippen MR) is 120 cm³/mol. The Hall–Kier alpha value is -4.72. The van der Waals surface area contributed by atoms with Crippen LogP contribution in [0, 0.1) is 18.3 Å². The number of amides is 1. The number of benzene rings is 1. The molecule has 1 aromatic carbocycles. The molecule has 0 radical (unpaired) electrons. The van der Waals surface area contributed by atoms with E-state index in [2.05, 4.69) is 26.6 Å². The van der Waals surface area contributed by atoms with Gasteiger partial charge in [-0.1, -0.05) is 30.3 Å². The Bertz CT molecular complexity index is 1450. The first kappa shape index (κ1) is 22.5. The fourth-order valence-electron chi connectivity index (χ4n) is 3.86. The molecule has 0 saturated heterocycles. The summed E-state index contributed by atoms with van der Waals surface area (Å²) >= 11 is 0. The summed E-state index contributed by atoms with van der Waals surface area (Å²) in [4.78, 5) is 30.0. The van der Waals surface area contributed by atoms with Gasteiger partial charge in [-0.25, -0.2) is 4.98 Å². The van der Waals surface area contributed by atoms with Gasteiger partial charge in [0.05, 0.1) is 29.6 Å². The fraction of sp³-hybridized carbons (Fsp3) is 0.217. The van der Waals surface area contributed by atoms with Gasteiger partial charge in [-0.3, -0.25) is 18.8 Å². The largest absolute Gasteiger partial charge is 0.501 e. The van der Waals surface area contributed by atoms with E-state index >= 15 is 0 Å². The van der Waals surface area contributed by atoms with Gasteiger partial charge < -0.3 is 14.9 Å². The third-order valence-electron chi connectivity index (χ3n) is 5.51. The van der Waals surface area contributed by atoms with Crippen LogP contribution in [0.15, 0.2) is 58.3 Å². The molecule has 11 heteroatoms. The molecule has 3 aromatic heterocycles. The lowest BCUT2D eigenvalue weighted by atomic mass is 9.90. The van der Waals surface area contributed by atoms with E-state index in [4.69, 9.17) is 4.52 Å². The highest BCUT2D eigenvalue weighted by molar-refractivity contribution is 6.04. The maximum atomic E-state index is 12.8. The van der Waals surface area contributed by atoms with E-state index in [1.54, 1.807) is 23.0 Å². The summed E-state index contributed by atoms with van der Waals surface area (Å²) in [5.74, 6) is -1.88. The smallest absolute Gasteiger partial charge is 0.296 e.